The summed E-state index contributed by atoms with van der Waals surface area (Å²) in [5, 5.41) is 0.254. The second-order valence-corrected chi connectivity index (χ2v) is 5.10. The van der Waals surface area contributed by atoms with Crippen molar-refractivity contribution in [2.75, 3.05) is 13.7 Å². The smallest absolute Gasteiger partial charge is 0.374 e. The van der Waals surface area contributed by atoms with Gasteiger partial charge < -0.3 is 18.9 Å². The van der Waals surface area contributed by atoms with E-state index < -0.39 is 22.8 Å². The number of aromatic nitrogens is 1. The van der Waals surface area contributed by atoms with Crippen LogP contribution in [0.3, 0.4) is 0 Å². The first-order chi connectivity index (χ1) is 12.0. The van der Waals surface area contributed by atoms with Crippen molar-refractivity contribution in [3.05, 3.63) is 56.2 Å². The second-order valence-electron chi connectivity index (χ2n) is 5.10. The largest absolute Gasteiger partial charge is 0.464 e. The summed E-state index contributed by atoms with van der Waals surface area (Å²) in [5.74, 6) is -1.76. The zero-order valence-corrected chi connectivity index (χ0v) is 13.4. The third kappa shape index (κ3) is 2.78. The molecule has 2 aromatic heterocycles. The summed E-state index contributed by atoms with van der Waals surface area (Å²) in [4.78, 5) is 50.9. The summed E-state index contributed by atoms with van der Waals surface area (Å²) in [6.07, 6.45) is 0. The summed E-state index contributed by atoms with van der Waals surface area (Å²) in [5.41, 5.74) is -0.880. The third-order valence-corrected chi connectivity index (χ3v) is 3.58. The Morgan fingerprint density at radius 3 is 2.56 bits per heavy atom. The third-order valence-electron chi connectivity index (χ3n) is 3.58. The van der Waals surface area contributed by atoms with E-state index in [4.69, 9.17) is 9.15 Å². The first kappa shape index (κ1) is 16.4. The molecule has 8 nitrogen and oxygen atoms in total. The molecule has 2 heterocycles. The van der Waals surface area contributed by atoms with Crippen LogP contribution in [0.15, 0.2) is 38.3 Å². The van der Waals surface area contributed by atoms with Gasteiger partial charge >= 0.3 is 11.9 Å². The van der Waals surface area contributed by atoms with Gasteiger partial charge in [0.05, 0.1) is 24.6 Å². The van der Waals surface area contributed by atoms with Crippen molar-refractivity contribution in [2.45, 2.75) is 6.92 Å². The number of carbonyl (C=O) groups excluding carboxylic acids is 2. The Morgan fingerprint density at radius 2 is 1.88 bits per heavy atom. The zero-order valence-electron chi connectivity index (χ0n) is 13.4. The summed E-state index contributed by atoms with van der Waals surface area (Å²) in [7, 11) is 1.17. The topological polar surface area (TPSA) is 116 Å². The second kappa shape index (κ2) is 6.23. The van der Waals surface area contributed by atoms with Gasteiger partial charge in [-0.05, 0) is 19.1 Å². The molecule has 0 spiro atoms. The number of carbonyl (C=O) groups is 2. The monoisotopic (exact) mass is 343 g/mol. The highest BCUT2D eigenvalue weighted by Gasteiger charge is 2.17. The number of rotatable bonds is 3. The zero-order chi connectivity index (χ0) is 18.1. The van der Waals surface area contributed by atoms with Crippen LogP contribution in [0.1, 0.15) is 28.0 Å². The van der Waals surface area contributed by atoms with E-state index in [1.54, 1.807) is 6.92 Å². The number of nitrogens with one attached hydrogen (secondary N) is 1. The highest BCUT2D eigenvalue weighted by molar-refractivity contribution is 6.05. The number of esters is 2. The Hall–Kier alpha value is -3.42. The van der Waals surface area contributed by atoms with E-state index >= 15 is 0 Å². The van der Waals surface area contributed by atoms with Gasteiger partial charge in [0.15, 0.2) is 10.9 Å². The fourth-order valence-electron chi connectivity index (χ4n) is 2.49. The number of benzene rings is 1. The molecule has 128 valence electrons. The number of H-pyrrole nitrogens is 1. The number of methoxy groups -OCH3 is 1. The van der Waals surface area contributed by atoms with Crippen LogP contribution < -0.4 is 10.9 Å². The number of pyridine rings is 1. The molecule has 0 bridgehead atoms. The van der Waals surface area contributed by atoms with Crippen molar-refractivity contribution >= 4 is 33.8 Å². The van der Waals surface area contributed by atoms with Crippen LogP contribution in [0, 0.1) is 0 Å². The summed E-state index contributed by atoms with van der Waals surface area (Å²) >= 11 is 0. The van der Waals surface area contributed by atoms with E-state index in [1.807, 2.05) is 0 Å². The van der Waals surface area contributed by atoms with Crippen molar-refractivity contribution in [2.24, 2.45) is 0 Å². The Labute approximate surface area is 140 Å². The molecule has 0 saturated carbocycles. The maximum absolute atomic E-state index is 12.5. The normalized spacial score (nSPS) is 10.8. The summed E-state index contributed by atoms with van der Waals surface area (Å²) in [6, 6.07) is 4.93. The van der Waals surface area contributed by atoms with E-state index in [1.165, 1.54) is 19.2 Å². The van der Waals surface area contributed by atoms with E-state index in [0.29, 0.717) is 0 Å². The van der Waals surface area contributed by atoms with Crippen LogP contribution in [0.25, 0.3) is 21.9 Å². The first-order valence-electron chi connectivity index (χ1n) is 7.35. The molecule has 1 aromatic carbocycles. The fraction of sp³-hybridized carbons (Fsp3) is 0.176. The molecule has 1 N–H and O–H groups in total. The number of hydrogen-bond donors (Lipinski definition) is 1. The van der Waals surface area contributed by atoms with Gasteiger partial charge in [0.25, 0.3) is 0 Å². The van der Waals surface area contributed by atoms with Gasteiger partial charge in [-0.1, -0.05) is 0 Å². The fourth-order valence-corrected chi connectivity index (χ4v) is 2.49. The number of fused-ring (bicyclic) bond motifs is 3. The van der Waals surface area contributed by atoms with Crippen molar-refractivity contribution in [3.63, 3.8) is 0 Å². The molecule has 0 aliphatic heterocycles. The van der Waals surface area contributed by atoms with Gasteiger partial charge in [-0.15, -0.1) is 0 Å². The lowest BCUT2D eigenvalue weighted by Crippen LogP contribution is -2.14. The van der Waals surface area contributed by atoms with Crippen LogP contribution in [-0.4, -0.2) is 30.6 Å². The van der Waals surface area contributed by atoms with E-state index in [0.717, 1.165) is 12.1 Å². The van der Waals surface area contributed by atoms with Gasteiger partial charge in [0, 0.05) is 17.5 Å². The molecule has 0 aliphatic carbocycles. The number of hydrogen-bond acceptors (Lipinski definition) is 7. The first-order valence-corrected chi connectivity index (χ1v) is 7.35. The number of ether oxygens (including phenoxy) is 2. The van der Waals surface area contributed by atoms with Crippen LogP contribution in [0.5, 0.6) is 0 Å². The standard InChI is InChI=1S/C17H13NO7/c1-3-24-17(22)13-7-11(20)14-12(25-13)5-4-8-10(19)6-9(16(21)23-2)18-15(8)14/h4-7H,3H2,1-2H3,(H,18,19). The Bertz CT molecular complexity index is 1120. The Morgan fingerprint density at radius 1 is 1.12 bits per heavy atom. The molecule has 8 heteroatoms. The summed E-state index contributed by atoms with van der Waals surface area (Å²) in [6.45, 7) is 1.76. The average Bonchev–Trinajstić information content (AvgIpc) is 2.60. The molecular formula is C17H13NO7. The highest BCUT2D eigenvalue weighted by atomic mass is 16.5. The maximum atomic E-state index is 12.5. The minimum atomic E-state index is -0.765. The van der Waals surface area contributed by atoms with E-state index in [9.17, 15) is 19.2 Å². The molecule has 0 saturated heterocycles. The van der Waals surface area contributed by atoms with Gasteiger partial charge in [0.2, 0.25) is 5.76 Å². The van der Waals surface area contributed by atoms with Crippen LogP contribution >= 0.6 is 0 Å². The van der Waals surface area contributed by atoms with E-state index in [2.05, 4.69) is 9.72 Å². The molecule has 3 rings (SSSR count). The Kier molecular flexibility index (Phi) is 4.10. The van der Waals surface area contributed by atoms with Crippen molar-refractivity contribution in [3.8, 4) is 0 Å². The quantitative estimate of drug-likeness (QED) is 0.567. The van der Waals surface area contributed by atoms with Crippen LogP contribution in [0.2, 0.25) is 0 Å². The minimum Gasteiger partial charge on any atom is -0.464 e. The minimum absolute atomic E-state index is 0.0494. The van der Waals surface area contributed by atoms with E-state index in [-0.39, 0.29) is 39.9 Å². The predicted molar refractivity (Wildman–Crippen MR) is 87.9 cm³/mol. The van der Waals surface area contributed by atoms with Gasteiger partial charge in [-0.2, -0.15) is 0 Å². The molecule has 0 atom stereocenters. The lowest BCUT2D eigenvalue weighted by atomic mass is 10.1. The molecule has 0 radical (unpaired) electrons. The maximum Gasteiger partial charge on any atom is 0.374 e. The van der Waals surface area contributed by atoms with Gasteiger partial charge in [-0.3, -0.25) is 9.59 Å². The highest BCUT2D eigenvalue weighted by Crippen LogP contribution is 2.21. The molecule has 3 aromatic rings. The molecule has 25 heavy (non-hydrogen) atoms. The van der Waals surface area contributed by atoms with Crippen molar-refractivity contribution in [1.82, 2.24) is 4.98 Å². The van der Waals surface area contributed by atoms with Gasteiger partial charge in [-0.25, -0.2) is 9.59 Å². The van der Waals surface area contributed by atoms with Gasteiger partial charge in [0.1, 0.15) is 11.3 Å². The van der Waals surface area contributed by atoms with Crippen molar-refractivity contribution < 1.29 is 23.5 Å². The summed E-state index contributed by atoms with van der Waals surface area (Å²) < 4.78 is 14.8. The lowest BCUT2D eigenvalue weighted by Gasteiger charge is -2.07. The molecule has 0 unspecified atom stereocenters. The van der Waals surface area contributed by atoms with Crippen LogP contribution in [0.4, 0.5) is 0 Å². The van der Waals surface area contributed by atoms with Crippen LogP contribution in [-0.2, 0) is 9.47 Å². The molecule has 0 aliphatic rings. The molecular weight excluding hydrogens is 330 g/mol. The predicted octanol–water partition coefficient (Wildman–Crippen LogP) is 1.60. The SMILES string of the molecule is CCOC(=O)c1cc(=O)c2c(ccc3c(=O)cc(C(=O)OC)[nH]c32)o1. The van der Waals surface area contributed by atoms with Crippen molar-refractivity contribution in [1.29, 1.82) is 0 Å². The number of aromatic amines is 1. The Balaban J connectivity index is 2.36. The average molecular weight is 343 g/mol. The molecule has 0 amide bonds. The molecule has 0 fully saturated rings. The lowest BCUT2D eigenvalue weighted by molar-refractivity contribution is 0.0490.